The molecule has 0 unspecified atom stereocenters. The standard InChI is InChI=1S/C18H18ClN3O4/c1-26-13-8-6-12(7-9-13)18(25)22-21-17(24)11-10-16(23)20-15-5-3-2-4-14(15)19/h2-9H,10-11H2,1H3,(H,20,23)(H,21,24)(H,22,25). The molecule has 0 aliphatic rings. The van der Waals surface area contributed by atoms with E-state index >= 15 is 0 Å². The van der Waals surface area contributed by atoms with E-state index in [4.69, 9.17) is 16.3 Å². The third kappa shape index (κ3) is 5.78. The third-order valence-electron chi connectivity index (χ3n) is 3.39. The number of anilines is 1. The molecule has 0 spiro atoms. The molecule has 0 saturated heterocycles. The fraction of sp³-hybridized carbons (Fsp3) is 0.167. The van der Waals surface area contributed by atoms with Gasteiger partial charge in [-0.1, -0.05) is 23.7 Å². The zero-order valence-corrected chi connectivity index (χ0v) is 14.8. The summed E-state index contributed by atoms with van der Waals surface area (Å²) in [5, 5.41) is 3.03. The van der Waals surface area contributed by atoms with Crippen LogP contribution >= 0.6 is 11.6 Å². The molecule has 3 N–H and O–H groups in total. The number of rotatable bonds is 6. The molecule has 0 aliphatic carbocycles. The van der Waals surface area contributed by atoms with E-state index in [-0.39, 0.29) is 18.7 Å². The van der Waals surface area contributed by atoms with Gasteiger partial charge in [0.15, 0.2) is 0 Å². The smallest absolute Gasteiger partial charge is 0.269 e. The molecule has 2 rings (SSSR count). The van der Waals surface area contributed by atoms with E-state index in [1.54, 1.807) is 48.5 Å². The Balaban J connectivity index is 1.73. The Kier molecular flexibility index (Phi) is 6.99. The first kappa shape index (κ1) is 19.3. The van der Waals surface area contributed by atoms with E-state index in [1.165, 1.54) is 7.11 Å². The van der Waals surface area contributed by atoms with Gasteiger partial charge in [-0.2, -0.15) is 0 Å². The van der Waals surface area contributed by atoms with Gasteiger partial charge < -0.3 is 10.1 Å². The lowest BCUT2D eigenvalue weighted by Crippen LogP contribution is -2.41. The van der Waals surface area contributed by atoms with Crippen LogP contribution in [-0.2, 0) is 9.59 Å². The van der Waals surface area contributed by atoms with Crippen LogP contribution in [0.25, 0.3) is 0 Å². The highest BCUT2D eigenvalue weighted by Crippen LogP contribution is 2.20. The maximum atomic E-state index is 11.9. The highest BCUT2D eigenvalue weighted by atomic mass is 35.5. The number of carbonyl (C=O) groups is 3. The normalized spacial score (nSPS) is 9.92. The number of benzene rings is 2. The predicted molar refractivity (Wildman–Crippen MR) is 97.9 cm³/mol. The molecule has 0 atom stereocenters. The molecular weight excluding hydrogens is 358 g/mol. The minimum atomic E-state index is -0.485. The zero-order chi connectivity index (χ0) is 18.9. The number of hydrazine groups is 1. The second-order valence-corrected chi connectivity index (χ2v) is 5.67. The summed E-state index contributed by atoms with van der Waals surface area (Å²) in [6.45, 7) is 0. The first-order valence-electron chi connectivity index (χ1n) is 7.77. The van der Waals surface area contributed by atoms with Gasteiger partial charge in [0, 0.05) is 18.4 Å². The largest absolute Gasteiger partial charge is 0.497 e. The summed E-state index contributed by atoms with van der Waals surface area (Å²) in [6, 6.07) is 13.2. The number of nitrogens with one attached hydrogen (secondary N) is 3. The van der Waals surface area contributed by atoms with Crippen LogP contribution in [0.1, 0.15) is 23.2 Å². The number of carbonyl (C=O) groups excluding carboxylic acids is 3. The van der Waals surface area contributed by atoms with Crippen molar-refractivity contribution in [2.75, 3.05) is 12.4 Å². The van der Waals surface area contributed by atoms with E-state index in [2.05, 4.69) is 16.2 Å². The van der Waals surface area contributed by atoms with Crippen molar-refractivity contribution in [3.8, 4) is 5.75 Å². The van der Waals surface area contributed by atoms with Gasteiger partial charge in [0.2, 0.25) is 11.8 Å². The molecule has 2 aromatic carbocycles. The minimum absolute atomic E-state index is 0.0462. The molecule has 0 radical (unpaired) electrons. The number of ether oxygens (including phenoxy) is 1. The second-order valence-electron chi connectivity index (χ2n) is 5.26. The highest BCUT2D eigenvalue weighted by molar-refractivity contribution is 6.33. The van der Waals surface area contributed by atoms with E-state index in [0.717, 1.165) is 0 Å². The molecule has 8 heteroatoms. The molecule has 2 aromatic rings. The fourth-order valence-corrected chi connectivity index (χ4v) is 2.19. The summed E-state index contributed by atoms with van der Waals surface area (Å²) in [6.07, 6.45) is -0.130. The maximum absolute atomic E-state index is 11.9. The van der Waals surface area contributed by atoms with Crippen LogP contribution in [-0.4, -0.2) is 24.8 Å². The quantitative estimate of drug-likeness (QED) is 0.676. The molecule has 7 nitrogen and oxygen atoms in total. The Labute approximate surface area is 155 Å². The van der Waals surface area contributed by atoms with Gasteiger partial charge >= 0.3 is 0 Å². The summed E-state index contributed by atoms with van der Waals surface area (Å²) in [7, 11) is 1.52. The number of hydrogen-bond donors (Lipinski definition) is 3. The van der Waals surface area contributed by atoms with Crippen molar-refractivity contribution in [2.24, 2.45) is 0 Å². The van der Waals surface area contributed by atoms with Gasteiger partial charge in [0.25, 0.3) is 5.91 Å². The summed E-state index contributed by atoms with van der Waals surface area (Å²) < 4.78 is 5.00. The first-order valence-corrected chi connectivity index (χ1v) is 8.15. The Morgan fingerprint density at radius 1 is 0.923 bits per heavy atom. The van der Waals surface area contributed by atoms with Crippen LogP contribution in [0.15, 0.2) is 48.5 Å². The third-order valence-corrected chi connectivity index (χ3v) is 3.72. The van der Waals surface area contributed by atoms with Crippen molar-refractivity contribution < 1.29 is 19.1 Å². The topological polar surface area (TPSA) is 96.5 Å². The average molecular weight is 376 g/mol. The van der Waals surface area contributed by atoms with Gasteiger partial charge in [-0.15, -0.1) is 0 Å². The minimum Gasteiger partial charge on any atom is -0.497 e. The van der Waals surface area contributed by atoms with Gasteiger partial charge in [0.1, 0.15) is 5.75 Å². The van der Waals surface area contributed by atoms with Crippen molar-refractivity contribution in [3.05, 3.63) is 59.1 Å². The van der Waals surface area contributed by atoms with E-state index < -0.39 is 11.8 Å². The number of hydrogen-bond acceptors (Lipinski definition) is 4. The summed E-state index contributed by atoms with van der Waals surface area (Å²) in [4.78, 5) is 35.5. The van der Waals surface area contributed by atoms with E-state index in [9.17, 15) is 14.4 Å². The Morgan fingerprint density at radius 2 is 1.58 bits per heavy atom. The lowest BCUT2D eigenvalue weighted by molar-refractivity contribution is -0.124. The maximum Gasteiger partial charge on any atom is 0.269 e. The van der Waals surface area contributed by atoms with Crippen LogP contribution in [0, 0.1) is 0 Å². The molecule has 0 fully saturated rings. The van der Waals surface area contributed by atoms with Gasteiger partial charge in [-0.25, -0.2) is 0 Å². The molecule has 136 valence electrons. The summed E-state index contributed by atoms with van der Waals surface area (Å²) in [5.74, 6) is -0.687. The summed E-state index contributed by atoms with van der Waals surface area (Å²) >= 11 is 5.94. The van der Waals surface area contributed by atoms with Crippen molar-refractivity contribution in [1.29, 1.82) is 0 Å². The summed E-state index contributed by atoms with van der Waals surface area (Å²) in [5.41, 5.74) is 5.39. The predicted octanol–water partition coefficient (Wildman–Crippen LogP) is 2.53. The molecule has 0 saturated carbocycles. The average Bonchev–Trinajstić information content (AvgIpc) is 2.66. The molecule has 26 heavy (non-hydrogen) atoms. The monoisotopic (exact) mass is 375 g/mol. The molecule has 0 heterocycles. The molecule has 0 aliphatic heterocycles. The number of para-hydroxylation sites is 1. The molecule has 3 amide bonds. The van der Waals surface area contributed by atoms with Crippen LogP contribution in [0.4, 0.5) is 5.69 Å². The lowest BCUT2D eigenvalue weighted by Gasteiger charge is -2.09. The van der Waals surface area contributed by atoms with Gasteiger partial charge in [-0.3, -0.25) is 25.2 Å². The van der Waals surface area contributed by atoms with Crippen LogP contribution in [0.5, 0.6) is 5.75 Å². The van der Waals surface area contributed by atoms with Crippen LogP contribution < -0.4 is 20.9 Å². The molecular formula is C18H18ClN3O4. The highest BCUT2D eigenvalue weighted by Gasteiger charge is 2.10. The van der Waals surface area contributed by atoms with Crippen LogP contribution in [0.3, 0.4) is 0 Å². The SMILES string of the molecule is COc1ccc(C(=O)NNC(=O)CCC(=O)Nc2ccccc2Cl)cc1. The van der Waals surface area contributed by atoms with Crippen molar-refractivity contribution >= 4 is 35.0 Å². The Morgan fingerprint density at radius 3 is 2.23 bits per heavy atom. The van der Waals surface area contributed by atoms with Crippen molar-refractivity contribution in [2.45, 2.75) is 12.8 Å². The molecule has 0 bridgehead atoms. The lowest BCUT2D eigenvalue weighted by atomic mass is 10.2. The van der Waals surface area contributed by atoms with Gasteiger partial charge in [0.05, 0.1) is 17.8 Å². The first-order chi connectivity index (χ1) is 12.5. The van der Waals surface area contributed by atoms with E-state index in [0.29, 0.717) is 22.0 Å². The second kappa shape index (κ2) is 9.43. The van der Waals surface area contributed by atoms with E-state index in [1.807, 2.05) is 0 Å². The Bertz CT molecular complexity index is 793. The zero-order valence-electron chi connectivity index (χ0n) is 14.0. The number of amides is 3. The Hall–Kier alpha value is -3.06. The van der Waals surface area contributed by atoms with Crippen molar-refractivity contribution in [3.63, 3.8) is 0 Å². The molecule has 0 aromatic heterocycles. The fourth-order valence-electron chi connectivity index (χ4n) is 2.01. The van der Waals surface area contributed by atoms with Crippen molar-refractivity contribution in [1.82, 2.24) is 10.9 Å². The van der Waals surface area contributed by atoms with Crippen LogP contribution in [0.2, 0.25) is 5.02 Å². The van der Waals surface area contributed by atoms with Gasteiger partial charge in [-0.05, 0) is 36.4 Å². The number of halogens is 1. The number of methoxy groups -OCH3 is 1.